The van der Waals surface area contributed by atoms with E-state index in [0.717, 1.165) is 6.07 Å². The van der Waals surface area contributed by atoms with Crippen LogP contribution in [0.1, 0.15) is 12.0 Å². The summed E-state index contributed by atoms with van der Waals surface area (Å²) in [5.41, 5.74) is 0.308. The number of rotatable bonds is 3. The fourth-order valence-corrected chi connectivity index (χ4v) is 2.17. The fraction of sp³-hybridized carbons (Fsp3) is 0.417. The Balaban J connectivity index is 2.03. The Labute approximate surface area is 97.5 Å². The highest BCUT2D eigenvalue weighted by Gasteiger charge is 2.29. The van der Waals surface area contributed by atoms with Gasteiger partial charge < -0.3 is 10.4 Å². The quantitative estimate of drug-likeness (QED) is 0.844. The minimum absolute atomic E-state index is 0.0346. The molecule has 2 rings (SSSR count). The molecule has 0 amide bonds. The van der Waals surface area contributed by atoms with Crippen LogP contribution in [0.15, 0.2) is 18.2 Å². The molecule has 1 saturated heterocycles. The maximum atomic E-state index is 13.4. The van der Waals surface area contributed by atoms with Crippen molar-refractivity contribution in [2.24, 2.45) is 5.92 Å². The van der Waals surface area contributed by atoms with E-state index in [1.807, 2.05) is 0 Å². The Bertz CT molecular complexity index is 437. The average molecular weight is 241 g/mol. The molecular formula is C12H13F2NO2. The van der Waals surface area contributed by atoms with Crippen LogP contribution in [0.2, 0.25) is 0 Å². The molecule has 1 aliphatic heterocycles. The summed E-state index contributed by atoms with van der Waals surface area (Å²) >= 11 is 0. The van der Waals surface area contributed by atoms with Crippen LogP contribution < -0.4 is 5.32 Å². The van der Waals surface area contributed by atoms with E-state index in [2.05, 4.69) is 5.32 Å². The van der Waals surface area contributed by atoms with E-state index in [1.54, 1.807) is 0 Å². The molecule has 2 unspecified atom stereocenters. The molecule has 0 spiro atoms. The Morgan fingerprint density at radius 1 is 1.47 bits per heavy atom. The van der Waals surface area contributed by atoms with Crippen molar-refractivity contribution >= 4 is 5.97 Å². The molecule has 0 saturated carbocycles. The van der Waals surface area contributed by atoms with Crippen LogP contribution in [0.3, 0.4) is 0 Å². The second kappa shape index (κ2) is 4.79. The largest absolute Gasteiger partial charge is 0.480 e. The van der Waals surface area contributed by atoms with Gasteiger partial charge in [-0.25, -0.2) is 8.78 Å². The molecule has 0 aromatic heterocycles. The van der Waals surface area contributed by atoms with Crippen LogP contribution in [-0.2, 0) is 11.2 Å². The normalized spacial score (nSPS) is 23.9. The first-order valence-electron chi connectivity index (χ1n) is 5.47. The maximum absolute atomic E-state index is 13.4. The van der Waals surface area contributed by atoms with E-state index in [1.165, 1.54) is 12.1 Å². The molecule has 5 heteroatoms. The summed E-state index contributed by atoms with van der Waals surface area (Å²) in [6, 6.07) is 3.50. The minimum Gasteiger partial charge on any atom is -0.480 e. The van der Waals surface area contributed by atoms with Crippen molar-refractivity contribution in [3.63, 3.8) is 0 Å². The zero-order valence-electron chi connectivity index (χ0n) is 9.12. The predicted octanol–water partition coefficient (Wildman–Crippen LogP) is 1.57. The number of carboxylic acid groups (broad SMARTS) is 1. The van der Waals surface area contributed by atoms with Crippen LogP contribution in [0.4, 0.5) is 8.78 Å². The van der Waals surface area contributed by atoms with E-state index in [0.29, 0.717) is 24.9 Å². The van der Waals surface area contributed by atoms with Gasteiger partial charge in [0.15, 0.2) is 11.6 Å². The number of hydrogen-bond donors (Lipinski definition) is 2. The summed E-state index contributed by atoms with van der Waals surface area (Å²) in [7, 11) is 0. The average Bonchev–Trinajstić information content (AvgIpc) is 2.73. The van der Waals surface area contributed by atoms with Crippen molar-refractivity contribution in [1.82, 2.24) is 5.32 Å². The maximum Gasteiger partial charge on any atom is 0.320 e. The van der Waals surface area contributed by atoms with Crippen LogP contribution in [0, 0.1) is 17.6 Å². The molecular weight excluding hydrogens is 228 g/mol. The van der Waals surface area contributed by atoms with Crippen molar-refractivity contribution in [1.29, 1.82) is 0 Å². The molecule has 1 aliphatic rings. The Kier molecular flexibility index (Phi) is 3.38. The molecule has 2 N–H and O–H groups in total. The third-order valence-corrected chi connectivity index (χ3v) is 3.06. The monoisotopic (exact) mass is 241 g/mol. The molecule has 2 atom stereocenters. The Hall–Kier alpha value is -1.49. The van der Waals surface area contributed by atoms with Gasteiger partial charge in [-0.15, -0.1) is 0 Å². The fourth-order valence-electron chi connectivity index (χ4n) is 2.17. The molecule has 0 radical (unpaired) electrons. The smallest absolute Gasteiger partial charge is 0.320 e. The van der Waals surface area contributed by atoms with Crippen LogP contribution in [-0.4, -0.2) is 23.7 Å². The highest BCUT2D eigenvalue weighted by molar-refractivity contribution is 5.73. The van der Waals surface area contributed by atoms with Gasteiger partial charge in [-0.2, -0.15) is 0 Å². The van der Waals surface area contributed by atoms with E-state index in [-0.39, 0.29) is 5.92 Å². The number of nitrogens with one attached hydrogen (secondary N) is 1. The first kappa shape index (κ1) is 12.0. The SMILES string of the molecule is O=C(O)C1CC(Cc2cccc(F)c2F)CN1. The number of halogens is 2. The van der Waals surface area contributed by atoms with Crippen molar-refractivity contribution in [3.05, 3.63) is 35.4 Å². The van der Waals surface area contributed by atoms with Crippen molar-refractivity contribution in [3.8, 4) is 0 Å². The molecule has 0 bridgehead atoms. The van der Waals surface area contributed by atoms with Gasteiger partial charge in [0, 0.05) is 0 Å². The molecule has 3 nitrogen and oxygen atoms in total. The van der Waals surface area contributed by atoms with E-state index >= 15 is 0 Å². The molecule has 1 aromatic rings. The summed E-state index contributed by atoms with van der Waals surface area (Å²) in [5.74, 6) is -2.55. The lowest BCUT2D eigenvalue weighted by Gasteiger charge is -2.09. The van der Waals surface area contributed by atoms with Gasteiger partial charge in [0.25, 0.3) is 0 Å². The second-order valence-electron chi connectivity index (χ2n) is 4.32. The number of hydrogen-bond acceptors (Lipinski definition) is 2. The summed E-state index contributed by atoms with van der Waals surface area (Å²) in [5, 5.41) is 11.6. The van der Waals surface area contributed by atoms with Crippen LogP contribution >= 0.6 is 0 Å². The second-order valence-corrected chi connectivity index (χ2v) is 4.32. The highest BCUT2D eigenvalue weighted by Crippen LogP contribution is 2.22. The number of carbonyl (C=O) groups is 1. The number of carboxylic acids is 1. The standard InChI is InChI=1S/C12H13F2NO2/c13-9-3-1-2-8(11(9)14)4-7-5-10(12(16)17)15-6-7/h1-3,7,10,15H,4-6H2,(H,16,17). The van der Waals surface area contributed by atoms with Gasteiger partial charge >= 0.3 is 5.97 Å². The minimum atomic E-state index is -0.896. The predicted molar refractivity (Wildman–Crippen MR) is 57.6 cm³/mol. The molecule has 92 valence electrons. The van der Waals surface area contributed by atoms with Crippen LogP contribution in [0.5, 0.6) is 0 Å². The zero-order chi connectivity index (χ0) is 12.4. The lowest BCUT2D eigenvalue weighted by atomic mass is 9.96. The summed E-state index contributed by atoms with van der Waals surface area (Å²) in [4.78, 5) is 10.7. The van der Waals surface area contributed by atoms with Gasteiger partial charge in [0.1, 0.15) is 6.04 Å². The topological polar surface area (TPSA) is 49.3 Å². The van der Waals surface area contributed by atoms with Crippen molar-refractivity contribution in [2.45, 2.75) is 18.9 Å². The summed E-state index contributed by atoms with van der Waals surface area (Å²) in [6.07, 6.45) is 0.811. The van der Waals surface area contributed by atoms with Gasteiger partial charge in [-0.3, -0.25) is 4.79 Å². The molecule has 1 fully saturated rings. The molecule has 0 aliphatic carbocycles. The lowest BCUT2D eigenvalue weighted by Crippen LogP contribution is -2.29. The highest BCUT2D eigenvalue weighted by atomic mass is 19.2. The third-order valence-electron chi connectivity index (χ3n) is 3.06. The third kappa shape index (κ3) is 2.61. The van der Waals surface area contributed by atoms with Crippen molar-refractivity contribution in [2.75, 3.05) is 6.54 Å². The summed E-state index contributed by atoms with van der Waals surface area (Å²) < 4.78 is 26.4. The number of benzene rings is 1. The van der Waals surface area contributed by atoms with Gasteiger partial charge in [0.05, 0.1) is 0 Å². The Morgan fingerprint density at radius 2 is 2.24 bits per heavy atom. The van der Waals surface area contributed by atoms with Gasteiger partial charge in [-0.05, 0) is 36.9 Å². The molecule has 17 heavy (non-hydrogen) atoms. The molecule has 1 aromatic carbocycles. The summed E-state index contributed by atoms with van der Waals surface area (Å²) in [6.45, 7) is 0.521. The first-order valence-corrected chi connectivity index (χ1v) is 5.47. The first-order chi connectivity index (χ1) is 8.08. The van der Waals surface area contributed by atoms with Gasteiger partial charge in [0.2, 0.25) is 0 Å². The van der Waals surface area contributed by atoms with Gasteiger partial charge in [-0.1, -0.05) is 12.1 Å². The van der Waals surface area contributed by atoms with Crippen molar-refractivity contribution < 1.29 is 18.7 Å². The zero-order valence-corrected chi connectivity index (χ0v) is 9.12. The van der Waals surface area contributed by atoms with Crippen LogP contribution in [0.25, 0.3) is 0 Å². The lowest BCUT2D eigenvalue weighted by molar-refractivity contribution is -0.139. The number of aliphatic carboxylic acids is 1. The molecule has 1 heterocycles. The van der Waals surface area contributed by atoms with E-state index in [9.17, 15) is 13.6 Å². The van der Waals surface area contributed by atoms with E-state index in [4.69, 9.17) is 5.11 Å². The Morgan fingerprint density at radius 3 is 2.88 bits per heavy atom. The van der Waals surface area contributed by atoms with E-state index < -0.39 is 23.6 Å².